The van der Waals surface area contributed by atoms with Gasteiger partial charge < -0.3 is 28.6 Å². The van der Waals surface area contributed by atoms with Crippen molar-refractivity contribution in [3.63, 3.8) is 0 Å². The zero-order valence-corrected chi connectivity index (χ0v) is 42.6. The minimum Gasteiger partial charge on any atom is -0.544 e. The Bertz CT molecular complexity index is 1440. The van der Waals surface area contributed by atoms with Gasteiger partial charge in [-0.25, -0.2) is 0 Å². The van der Waals surface area contributed by atoms with E-state index in [2.05, 4.69) is 123 Å². The molecule has 0 aliphatic carbocycles. The maximum atomic E-state index is 12.8. The topological polar surface area (TPSA) is 102 Å². The van der Waals surface area contributed by atoms with Crippen LogP contribution >= 0.6 is 0 Å². The molecule has 0 N–H and O–H groups in total. The van der Waals surface area contributed by atoms with E-state index in [9.17, 15) is 19.5 Å². The molecule has 0 aromatic carbocycles. The highest BCUT2D eigenvalue weighted by Crippen LogP contribution is 2.14. The number of allylic oxidation sites excluding steroid dienone is 18. The molecule has 0 heterocycles. The summed E-state index contributed by atoms with van der Waals surface area (Å²) in [6.07, 6.45) is 65.5. The van der Waals surface area contributed by atoms with Gasteiger partial charge >= 0.3 is 11.9 Å². The average molecular weight is 918 g/mol. The second-order valence-corrected chi connectivity index (χ2v) is 18.0. The van der Waals surface area contributed by atoms with Gasteiger partial charge in [-0.1, -0.05) is 181 Å². The predicted molar refractivity (Wildman–Crippen MR) is 277 cm³/mol. The van der Waals surface area contributed by atoms with E-state index in [0.717, 1.165) is 89.9 Å². The highest BCUT2D eigenvalue weighted by atomic mass is 16.6. The quantitative estimate of drug-likeness (QED) is 0.0259. The Labute approximate surface area is 404 Å². The molecular formula is C58H95NO7. The van der Waals surface area contributed by atoms with Crippen LogP contribution < -0.4 is 5.11 Å². The van der Waals surface area contributed by atoms with E-state index >= 15 is 0 Å². The van der Waals surface area contributed by atoms with Crippen molar-refractivity contribution in [3.05, 3.63) is 109 Å². The number of likely N-dealkylation sites (N-methyl/N-ethyl adjacent to an activating group) is 1. The molecule has 0 aromatic rings. The van der Waals surface area contributed by atoms with Gasteiger partial charge in [0.05, 0.1) is 40.3 Å². The molecule has 0 fully saturated rings. The van der Waals surface area contributed by atoms with Gasteiger partial charge in [0.2, 0.25) is 0 Å². The van der Waals surface area contributed by atoms with Crippen LogP contribution in [0, 0.1) is 0 Å². The van der Waals surface area contributed by atoms with E-state index in [1.54, 1.807) is 21.1 Å². The molecule has 0 rings (SSSR count). The number of carbonyl (C=O) groups excluding carboxylic acids is 3. The zero-order chi connectivity index (χ0) is 48.4. The summed E-state index contributed by atoms with van der Waals surface area (Å²) in [6, 6.07) is -0.740. The predicted octanol–water partition coefficient (Wildman–Crippen LogP) is 13.9. The molecule has 0 aliphatic rings. The summed E-state index contributed by atoms with van der Waals surface area (Å²) in [5.41, 5.74) is 0. The van der Waals surface area contributed by atoms with E-state index in [1.165, 1.54) is 57.8 Å². The summed E-state index contributed by atoms with van der Waals surface area (Å²) < 4.78 is 17.2. The number of rotatable bonds is 45. The van der Waals surface area contributed by atoms with Crippen LogP contribution in [0.4, 0.5) is 0 Å². The smallest absolute Gasteiger partial charge is 0.306 e. The lowest BCUT2D eigenvalue weighted by atomic mass is 10.0. The standard InChI is InChI=1S/C58H95NO7/c1-6-8-10-12-14-16-18-20-22-24-26-28-30-32-34-36-38-40-42-44-46-48-56(60)65-53-54(52-64-51-50-55(58(62)63)59(3,4)5)66-57(61)49-47-45-43-41-39-37-35-33-31-29-27-25-23-21-19-17-15-13-11-9-7-2/h8-11,14-17,20-23,26,28,32,34,38,40,54-55H,6-7,12-13,18-19,24-25,27,29-31,33,35-37,39,41-53H2,1-5H3/b10-8+,11-9+,16-14+,17-15+,22-20+,23-21+,28-26+,34-32+,40-38+. The van der Waals surface area contributed by atoms with Crippen LogP contribution in [0.15, 0.2) is 109 Å². The molecule has 0 radical (unpaired) electrons. The molecule has 0 spiro atoms. The number of hydrogen-bond acceptors (Lipinski definition) is 7. The lowest BCUT2D eigenvalue weighted by Crippen LogP contribution is -2.55. The van der Waals surface area contributed by atoms with Crippen molar-refractivity contribution in [1.82, 2.24) is 0 Å². The number of ether oxygens (including phenoxy) is 3. The van der Waals surface area contributed by atoms with Crippen LogP contribution in [0.1, 0.15) is 187 Å². The van der Waals surface area contributed by atoms with Crippen LogP contribution in [0.5, 0.6) is 0 Å². The van der Waals surface area contributed by atoms with E-state index in [4.69, 9.17) is 14.2 Å². The molecule has 0 aromatic heterocycles. The number of carboxylic acids is 1. The Morgan fingerprint density at radius 3 is 1.21 bits per heavy atom. The van der Waals surface area contributed by atoms with Gasteiger partial charge in [0.15, 0.2) is 6.10 Å². The van der Waals surface area contributed by atoms with Crippen molar-refractivity contribution in [2.75, 3.05) is 41.0 Å². The summed E-state index contributed by atoms with van der Waals surface area (Å²) in [7, 11) is 5.39. The van der Waals surface area contributed by atoms with Gasteiger partial charge in [-0.2, -0.15) is 0 Å². The number of carboxylic acid groups (broad SMARTS) is 1. The third-order valence-corrected chi connectivity index (χ3v) is 10.9. The fraction of sp³-hybridized carbons (Fsp3) is 0.638. The van der Waals surface area contributed by atoms with Crippen LogP contribution in [-0.4, -0.2) is 75.5 Å². The maximum Gasteiger partial charge on any atom is 0.306 e. The number of nitrogens with zero attached hydrogens (tertiary/aromatic N) is 1. The van der Waals surface area contributed by atoms with Gasteiger partial charge in [-0.15, -0.1) is 0 Å². The summed E-state index contributed by atoms with van der Waals surface area (Å²) in [5, 5.41) is 11.7. The molecule has 374 valence electrons. The Hall–Kier alpha value is -4.01. The lowest BCUT2D eigenvalue weighted by Gasteiger charge is -2.34. The second-order valence-electron chi connectivity index (χ2n) is 18.0. The molecule has 66 heavy (non-hydrogen) atoms. The number of esters is 2. The first-order valence-electron chi connectivity index (χ1n) is 25.9. The monoisotopic (exact) mass is 918 g/mol. The van der Waals surface area contributed by atoms with Crippen LogP contribution in [0.3, 0.4) is 0 Å². The first kappa shape index (κ1) is 62.0. The average Bonchev–Trinajstić information content (AvgIpc) is 3.28. The Morgan fingerprint density at radius 1 is 0.455 bits per heavy atom. The SMILES string of the molecule is CC/C=C/C/C=C/C/C=C/C/C=C/C/C=C/C/C=C/CCCCC(=O)OCC(COCCC(C(=O)[O-])[N+](C)(C)C)OC(=O)CCCCCCCCCCCCC/C=C/C/C=C/C/C=C/CC. The van der Waals surface area contributed by atoms with Crippen molar-refractivity contribution in [1.29, 1.82) is 0 Å². The van der Waals surface area contributed by atoms with Crippen molar-refractivity contribution < 1.29 is 38.2 Å². The Morgan fingerprint density at radius 2 is 0.803 bits per heavy atom. The molecule has 2 atom stereocenters. The Balaban J connectivity index is 4.34. The second kappa shape index (κ2) is 47.5. The van der Waals surface area contributed by atoms with Crippen molar-refractivity contribution >= 4 is 17.9 Å². The minimum absolute atomic E-state index is 0.0190. The third kappa shape index (κ3) is 45.2. The minimum atomic E-state index is -1.14. The van der Waals surface area contributed by atoms with Gasteiger partial charge in [-0.3, -0.25) is 9.59 Å². The molecule has 0 aliphatic heterocycles. The molecule has 0 bridgehead atoms. The van der Waals surface area contributed by atoms with Gasteiger partial charge in [-0.05, 0) is 96.3 Å². The molecule has 8 heteroatoms. The van der Waals surface area contributed by atoms with E-state index in [1.807, 2.05) is 0 Å². The largest absolute Gasteiger partial charge is 0.544 e. The normalized spacial score (nSPS) is 13.8. The van der Waals surface area contributed by atoms with Gasteiger partial charge in [0.25, 0.3) is 0 Å². The Kier molecular flexibility index (Phi) is 44.6. The zero-order valence-electron chi connectivity index (χ0n) is 42.6. The fourth-order valence-electron chi connectivity index (χ4n) is 6.97. The summed E-state index contributed by atoms with van der Waals surface area (Å²) in [6.45, 7) is 4.39. The molecule has 0 saturated carbocycles. The first-order chi connectivity index (χ1) is 32.1. The summed E-state index contributed by atoms with van der Waals surface area (Å²) >= 11 is 0. The molecule has 0 saturated heterocycles. The molecule has 2 unspecified atom stereocenters. The number of aliphatic carboxylic acids is 1. The summed E-state index contributed by atoms with van der Waals surface area (Å²) in [5.74, 6) is -1.80. The van der Waals surface area contributed by atoms with Crippen molar-refractivity contribution in [3.8, 4) is 0 Å². The highest BCUT2D eigenvalue weighted by Gasteiger charge is 2.25. The van der Waals surface area contributed by atoms with Crippen LogP contribution in [-0.2, 0) is 28.6 Å². The first-order valence-corrected chi connectivity index (χ1v) is 25.9. The molecule has 0 amide bonds. The van der Waals surface area contributed by atoms with Crippen molar-refractivity contribution in [2.24, 2.45) is 0 Å². The molecular weight excluding hydrogens is 823 g/mol. The van der Waals surface area contributed by atoms with E-state index < -0.39 is 18.1 Å². The van der Waals surface area contributed by atoms with Crippen molar-refractivity contribution in [2.45, 2.75) is 199 Å². The third-order valence-electron chi connectivity index (χ3n) is 10.9. The van der Waals surface area contributed by atoms with Gasteiger partial charge in [0.1, 0.15) is 12.6 Å². The van der Waals surface area contributed by atoms with Crippen LogP contribution in [0.2, 0.25) is 0 Å². The van der Waals surface area contributed by atoms with Gasteiger partial charge in [0, 0.05) is 19.3 Å². The number of unbranched alkanes of at least 4 members (excludes halogenated alkanes) is 13. The fourth-order valence-corrected chi connectivity index (χ4v) is 6.97. The maximum absolute atomic E-state index is 12.8. The number of hydrogen-bond donors (Lipinski definition) is 0. The lowest BCUT2D eigenvalue weighted by molar-refractivity contribution is -0.889. The number of quaternary nitrogens is 1. The van der Waals surface area contributed by atoms with E-state index in [-0.39, 0.29) is 49.1 Å². The van der Waals surface area contributed by atoms with E-state index in [0.29, 0.717) is 12.8 Å². The summed E-state index contributed by atoms with van der Waals surface area (Å²) in [4.78, 5) is 37.1. The molecule has 8 nitrogen and oxygen atoms in total. The highest BCUT2D eigenvalue weighted by molar-refractivity contribution is 5.70. The number of carbonyl (C=O) groups is 3. The van der Waals surface area contributed by atoms with Crippen LogP contribution in [0.25, 0.3) is 0 Å².